The molecular formula is C21H33ClN2O. The lowest BCUT2D eigenvalue weighted by Crippen LogP contribution is -2.41. The minimum absolute atomic E-state index is 0.185. The van der Waals surface area contributed by atoms with Gasteiger partial charge in [0.15, 0.2) is 0 Å². The van der Waals surface area contributed by atoms with Crippen molar-refractivity contribution in [3.05, 3.63) is 34.9 Å². The van der Waals surface area contributed by atoms with Gasteiger partial charge in [-0.3, -0.25) is 9.69 Å². The fourth-order valence-electron chi connectivity index (χ4n) is 3.53. The molecule has 1 atom stereocenters. The molecule has 1 aromatic rings. The van der Waals surface area contributed by atoms with Crippen LogP contribution in [-0.4, -0.2) is 30.4 Å². The van der Waals surface area contributed by atoms with E-state index in [2.05, 4.69) is 36.2 Å². The van der Waals surface area contributed by atoms with Crippen LogP contribution in [0.15, 0.2) is 24.3 Å². The molecule has 1 aromatic carbocycles. The van der Waals surface area contributed by atoms with Crippen LogP contribution in [0.4, 0.5) is 0 Å². The number of hydrogen-bond acceptors (Lipinski definition) is 2. The Hall–Kier alpha value is -1.06. The van der Waals surface area contributed by atoms with E-state index in [1.807, 2.05) is 12.1 Å². The lowest BCUT2D eigenvalue weighted by Gasteiger charge is -2.31. The molecule has 1 aliphatic rings. The Balaban J connectivity index is 1.69. The van der Waals surface area contributed by atoms with Crippen molar-refractivity contribution in [2.24, 2.45) is 11.8 Å². The smallest absolute Gasteiger partial charge is 0.223 e. The number of hydrogen-bond donors (Lipinski definition) is 1. The number of carbonyl (C=O) groups is 1. The molecule has 140 valence electrons. The molecule has 1 fully saturated rings. The molecule has 1 heterocycles. The molecule has 0 aromatic heterocycles. The van der Waals surface area contributed by atoms with Gasteiger partial charge in [0.1, 0.15) is 0 Å². The van der Waals surface area contributed by atoms with Gasteiger partial charge in [0.25, 0.3) is 0 Å². The van der Waals surface area contributed by atoms with Gasteiger partial charge in [0.2, 0.25) is 5.91 Å². The summed E-state index contributed by atoms with van der Waals surface area (Å²) in [6, 6.07) is 8.06. The number of carbonyl (C=O) groups excluding carboxylic acids is 1. The lowest BCUT2D eigenvalue weighted by atomic mass is 9.94. The van der Waals surface area contributed by atoms with Gasteiger partial charge in [-0.1, -0.05) is 56.8 Å². The molecule has 2 rings (SSSR count). The number of amides is 1. The van der Waals surface area contributed by atoms with E-state index >= 15 is 0 Å². The maximum atomic E-state index is 12.5. The first-order valence-corrected chi connectivity index (χ1v) is 10.2. The second kappa shape index (κ2) is 10.8. The van der Waals surface area contributed by atoms with Crippen molar-refractivity contribution in [3.8, 4) is 0 Å². The second-order valence-corrected chi connectivity index (χ2v) is 7.77. The van der Waals surface area contributed by atoms with E-state index in [0.29, 0.717) is 5.92 Å². The predicted octanol–water partition coefficient (Wildman–Crippen LogP) is 4.88. The van der Waals surface area contributed by atoms with Crippen molar-refractivity contribution < 1.29 is 4.79 Å². The Morgan fingerprint density at radius 3 is 2.52 bits per heavy atom. The lowest BCUT2D eigenvalue weighted by molar-refractivity contribution is -0.126. The average molecular weight is 365 g/mol. The van der Waals surface area contributed by atoms with Gasteiger partial charge >= 0.3 is 0 Å². The van der Waals surface area contributed by atoms with Crippen LogP contribution in [0.2, 0.25) is 5.02 Å². The van der Waals surface area contributed by atoms with Gasteiger partial charge in [0.05, 0.1) is 0 Å². The van der Waals surface area contributed by atoms with E-state index in [-0.39, 0.29) is 11.8 Å². The van der Waals surface area contributed by atoms with E-state index in [0.717, 1.165) is 50.5 Å². The Labute approximate surface area is 158 Å². The third-order valence-corrected chi connectivity index (χ3v) is 5.64. The number of rotatable bonds is 9. The number of nitrogens with one attached hydrogen (secondary N) is 1. The van der Waals surface area contributed by atoms with Crippen LogP contribution in [0.1, 0.15) is 57.9 Å². The Kier molecular flexibility index (Phi) is 8.77. The molecule has 0 spiro atoms. The van der Waals surface area contributed by atoms with Crippen molar-refractivity contribution in [2.75, 3.05) is 19.6 Å². The van der Waals surface area contributed by atoms with E-state index in [1.54, 1.807) is 0 Å². The highest BCUT2D eigenvalue weighted by Crippen LogP contribution is 2.20. The Bertz CT molecular complexity index is 509. The molecule has 4 heteroatoms. The van der Waals surface area contributed by atoms with Gasteiger partial charge in [0, 0.05) is 24.0 Å². The highest BCUT2D eigenvalue weighted by molar-refractivity contribution is 6.30. The van der Waals surface area contributed by atoms with Crippen molar-refractivity contribution in [1.29, 1.82) is 0 Å². The topological polar surface area (TPSA) is 32.3 Å². The van der Waals surface area contributed by atoms with Crippen LogP contribution in [0.5, 0.6) is 0 Å². The fourth-order valence-corrected chi connectivity index (χ4v) is 3.66. The summed E-state index contributed by atoms with van der Waals surface area (Å²) in [7, 11) is 0. The summed E-state index contributed by atoms with van der Waals surface area (Å²) in [5.74, 6) is 1.08. The quantitative estimate of drug-likeness (QED) is 0.676. The van der Waals surface area contributed by atoms with E-state index in [9.17, 15) is 4.79 Å². The molecule has 0 radical (unpaired) electrons. The molecular weight excluding hydrogens is 332 g/mol. The number of halogens is 1. The first kappa shape index (κ1) is 20.3. The first-order chi connectivity index (χ1) is 12.1. The second-order valence-electron chi connectivity index (χ2n) is 7.34. The summed E-state index contributed by atoms with van der Waals surface area (Å²) in [6.07, 6.45) is 6.80. The maximum absolute atomic E-state index is 12.5. The van der Waals surface area contributed by atoms with E-state index < -0.39 is 0 Å². The Morgan fingerprint density at radius 1 is 1.24 bits per heavy atom. The van der Waals surface area contributed by atoms with Crippen LogP contribution in [-0.2, 0) is 11.3 Å². The van der Waals surface area contributed by atoms with Crippen LogP contribution in [0.25, 0.3) is 0 Å². The highest BCUT2D eigenvalue weighted by atomic mass is 35.5. The van der Waals surface area contributed by atoms with Gasteiger partial charge in [-0.05, 0) is 56.0 Å². The van der Waals surface area contributed by atoms with E-state index in [1.165, 1.54) is 24.8 Å². The normalized spacial score (nSPS) is 17.4. The minimum Gasteiger partial charge on any atom is -0.356 e. The number of nitrogens with zero attached hydrogens (tertiary/aromatic N) is 1. The number of piperidine rings is 1. The molecule has 0 bridgehead atoms. The zero-order valence-corrected chi connectivity index (χ0v) is 16.5. The van der Waals surface area contributed by atoms with Crippen LogP contribution < -0.4 is 5.32 Å². The fraction of sp³-hybridized carbons (Fsp3) is 0.667. The summed E-state index contributed by atoms with van der Waals surface area (Å²) in [5.41, 5.74) is 1.29. The van der Waals surface area contributed by atoms with Crippen molar-refractivity contribution in [2.45, 2.75) is 58.9 Å². The minimum atomic E-state index is 0.185. The monoisotopic (exact) mass is 364 g/mol. The van der Waals surface area contributed by atoms with Crippen LogP contribution in [0, 0.1) is 11.8 Å². The van der Waals surface area contributed by atoms with Crippen molar-refractivity contribution >= 4 is 17.5 Å². The summed E-state index contributed by atoms with van der Waals surface area (Å²) in [6.45, 7) is 8.23. The SMILES string of the molecule is CCCC[C@@H](CC)CNC(=O)C1CCN(Cc2ccc(Cl)cc2)CC1. The predicted molar refractivity (Wildman–Crippen MR) is 106 cm³/mol. The summed E-state index contributed by atoms with van der Waals surface area (Å²) in [4.78, 5) is 14.9. The number of likely N-dealkylation sites (tertiary alicyclic amines) is 1. The zero-order chi connectivity index (χ0) is 18.1. The largest absolute Gasteiger partial charge is 0.356 e. The summed E-state index contributed by atoms with van der Waals surface area (Å²) in [5, 5.41) is 3.99. The van der Waals surface area contributed by atoms with E-state index in [4.69, 9.17) is 11.6 Å². The molecule has 0 unspecified atom stereocenters. The third-order valence-electron chi connectivity index (χ3n) is 5.39. The number of benzene rings is 1. The van der Waals surface area contributed by atoms with Gasteiger partial charge < -0.3 is 5.32 Å². The molecule has 1 amide bonds. The number of unbranched alkanes of at least 4 members (excludes halogenated alkanes) is 1. The maximum Gasteiger partial charge on any atom is 0.223 e. The summed E-state index contributed by atoms with van der Waals surface area (Å²) < 4.78 is 0. The van der Waals surface area contributed by atoms with Gasteiger partial charge in [-0.15, -0.1) is 0 Å². The standard InChI is InChI=1S/C21H33ClN2O/c1-3-5-6-17(4-2)15-23-21(25)19-11-13-24(14-12-19)16-18-7-9-20(22)10-8-18/h7-10,17,19H,3-6,11-16H2,1-2H3,(H,23,25)/t17-/m1/s1. The molecule has 1 saturated heterocycles. The molecule has 0 saturated carbocycles. The van der Waals surface area contributed by atoms with Crippen LogP contribution >= 0.6 is 11.6 Å². The third kappa shape index (κ3) is 6.99. The molecule has 1 N–H and O–H groups in total. The molecule has 0 aliphatic carbocycles. The van der Waals surface area contributed by atoms with Crippen LogP contribution in [0.3, 0.4) is 0 Å². The van der Waals surface area contributed by atoms with Gasteiger partial charge in [-0.25, -0.2) is 0 Å². The molecule has 1 aliphatic heterocycles. The molecule has 3 nitrogen and oxygen atoms in total. The first-order valence-electron chi connectivity index (χ1n) is 9.86. The van der Waals surface area contributed by atoms with Crippen molar-refractivity contribution in [3.63, 3.8) is 0 Å². The summed E-state index contributed by atoms with van der Waals surface area (Å²) >= 11 is 5.94. The Morgan fingerprint density at radius 2 is 1.92 bits per heavy atom. The van der Waals surface area contributed by atoms with Crippen molar-refractivity contribution in [1.82, 2.24) is 10.2 Å². The highest BCUT2D eigenvalue weighted by Gasteiger charge is 2.25. The molecule has 25 heavy (non-hydrogen) atoms. The average Bonchev–Trinajstić information content (AvgIpc) is 2.64. The zero-order valence-electron chi connectivity index (χ0n) is 15.8. The van der Waals surface area contributed by atoms with Gasteiger partial charge in [-0.2, -0.15) is 0 Å².